The van der Waals surface area contributed by atoms with Crippen molar-refractivity contribution >= 4 is 53.9 Å². The number of hydrogen-bond donors (Lipinski definition) is 0. The second-order valence-corrected chi connectivity index (χ2v) is 13.3. The van der Waals surface area contributed by atoms with E-state index >= 15 is 0 Å². The van der Waals surface area contributed by atoms with Gasteiger partial charge in [0, 0.05) is 0 Å². The Morgan fingerprint density at radius 1 is 0.200 bits per heavy atom. The summed E-state index contributed by atoms with van der Waals surface area (Å²) in [6, 6.07) is 71.4. The van der Waals surface area contributed by atoms with E-state index in [1.54, 1.807) is 0 Å². The van der Waals surface area contributed by atoms with Crippen LogP contribution < -0.4 is 0 Å². The Bertz CT molecular complexity index is 2910. The molecule has 0 aliphatic heterocycles. The Kier molecular flexibility index (Phi) is 6.60. The molecule has 10 aromatic carbocycles. The van der Waals surface area contributed by atoms with Crippen molar-refractivity contribution in [1.82, 2.24) is 0 Å². The second kappa shape index (κ2) is 11.6. The summed E-state index contributed by atoms with van der Waals surface area (Å²) in [5, 5.41) is 12.6. The Balaban J connectivity index is 1.30. The zero-order chi connectivity index (χ0) is 33.0. The van der Waals surface area contributed by atoms with Gasteiger partial charge >= 0.3 is 0 Å². The summed E-state index contributed by atoms with van der Waals surface area (Å²) in [5.41, 5.74) is 9.98. The summed E-state index contributed by atoms with van der Waals surface area (Å²) in [5.74, 6) is 0. The number of rotatable bonds is 4. The van der Waals surface area contributed by atoms with Crippen LogP contribution in [0.5, 0.6) is 0 Å². The first-order chi connectivity index (χ1) is 24.8. The molecule has 232 valence electrons. The monoisotopic (exact) mass is 632 g/mol. The first-order valence-corrected chi connectivity index (χ1v) is 17.3. The average Bonchev–Trinajstić information content (AvgIpc) is 3.19. The van der Waals surface area contributed by atoms with Crippen LogP contribution in [0.4, 0.5) is 0 Å². The lowest BCUT2D eigenvalue weighted by atomic mass is 9.83. The van der Waals surface area contributed by atoms with Crippen molar-refractivity contribution in [3.05, 3.63) is 194 Å². The van der Waals surface area contributed by atoms with Gasteiger partial charge in [-0.25, -0.2) is 0 Å². The minimum Gasteiger partial charge on any atom is -0.0622 e. The quantitative estimate of drug-likeness (QED) is 0.169. The number of benzene rings is 10. The van der Waals surface area contributed by atoms with Crippen LogP contribution in [-0.2, 0) is 0 Å². The second-order valence-electron chi connectivity index (χ2n) is 13.3. The van der Waals surface area contributed by atoms with Gasteiger partial charge in [-0.2, -0.15) is 0 Å². The minimum atomic E-state index is 1.22. The van der Waals surface area contributed by atoms with Crippen LogP contribution in [0.25, 0.3) is 98.4 Å². The fourth-order valence-corrected chi connectivity index (χ4v) is 8.08. The highest BCUT2D eigenvalue weighted by atomic mass is 14.2. The van der Waals surface area contributed by atoms with Crippen LogP contribution in [0.2, 0.25) is 0 Å². The molecule has 0 aliphatic rings. The molecular formula is C50H32. The van der Waals surface area contributed by atoms with Crippen molar-refractivity contribution in [3.63, 3.8) is 0 Å². The first-order valence-electron chi connectivity index (χ1n) is 17.3. The van der Waals surface area contributed by atoms with Gasteiger partial charge < -0.3 is 0 Å². The topological polar surface area (TPSA) is 0 Å². The van der Waals surface area contributed by atoms with E-state index in [9.17, 15) is 0 Å². The summed E-state index contributed by atoms with van der Waals surface area (Å²) in [7, 11) is 0. The molecule has 0 heterocycles. The van der Waals surface area contributed by atoms with Crippen LogP contribution in [0.3, 0.4) is 0 Å². The molecule has 0 amide bonds. The van der Waals surface area contributed by atoms with E-state index in [0.29, 0.717) is 0 Å². The summed E-state index contributed by atoms with van der Waals surface area (Å²) in [4.78, 5) is 0. The van der Waals surface area contributed by atoms with E-state index in [2.05, 4.69) is 194 Å². The molecule has 0 heteroatoms. The maximum atomic E-state index is 2.45. The van der Waals surface area contributed by atoms with Gasteiger partial charge in [0.05, 0.1) is 0 Å². The van der Waals surface area contributed by atoms with Gasteiger partial charge in [-0.3, -0.25) is 0 Å². The van der Waals surface area contributed by atoms with Crippen LogP contribution in [-0.4, -0.2) is 0 Å². The van der Waals surface area contributed by atoms with Gasteiger partial charge in [0.2, 0.25) is 0 Å². The maximum absolute atomic E-state index is 2.45. The zero-order valence-electron chi connectivity index (χ0n) is 27.5. The summed E-state index contributed by atoms with van der Waals surface area (Å²) < 4.78 is 0. The van der Waals surface area contributed by atoms with Crippen molar-refractivity contribution in [2.45, 2.75) is 0 Å². The average molecular weight is 633 g/mol. The third kappa shape index (κ3) is 4.61. The molecule has 0 aliphatic carbocycles. The third-order valence-electron chi connectivity index (χ3n) is 10.4. The normalized spacial score (nSPS) is 11.6. The Morgan fingerprint density at radius 3 is 1.20 bits per heavy atom. The highest BCUT2D eigenvalue weighted by molar-refractivity contribution is 6.23. The van der Waals surface area contributed by atoms with E-state index in [1.807, 2.05) is 0 Å². The van der Waals surface area contributed by atoms with E-state index in [0.717, 1.165) is 0 Å². The maximum Gasteiger partial charge on any atom is -0.00259 e. The SMILES string of the molecule is c1ccc(-c2ccc(-c3ccc4c(-c5ccc6ccccc6c5)c5ccccc5c(-c5ccc6ccccc6c5)c4c3)c3ccccc23)cc1. The van der Waals surface area contributed by atoms with E-state index in [1.165, 1.54) is 98.4 Å². The summed E-state index contributed by atoms with van der Waals surface area (Å²) >= 11 is 0. The number of hydrogen-bond acceptors (Lipinski definition) is 0. The first kappa shape index (κ1) is 28.5. The molecule has 0 unspecified atom stereocenters. The highest BCUT2D eigenvalue weighted by Crippen LogP contribution is 2.46. The summed E-state index contributed by atoms with van der Waals surface area (Å²) in [6.45, 7) is 0. The van der Waals surface area contributed by atoms with Gasteiger partial charge in [0.25, 0.3) is 0 Å². The fourth-order valence-electron chi connectivity index (χ4n) is 8.08. The molecule has 0 radical (unpaired) electrons. The van der Waals surface area contributed by atoms with Crippen molar-refractivity contribution in [2.24, 2.45) is 0 Å². The van der Waals surface area contributed by atoms with Crippen molar-refractivity contribution < 1.29 is 0 Å². The third-order valence-corrected chi connectivity index (χ3v) is 10.4. The van der Waals surface area contributed by atoms with Gasteiger partial charge in [-0.1, -0.05) is 176 Å². The molecule has 0 fully saturated rings. The molecular weight excluding hydrogens is 601 g/mol. The molecule has 0 nitrogen and oxygen atoms in total. The smallest absolute Gasteiger partial charge is 0.00259 e. The standard InChI is InChI=1S/C50H32/c1-2-14-35(15-3-1)41-28-29-42(44-19-9-8-18-43(41)44)38-26-27-47-48(32-38)50(40-25-23-34-13-5-7-17-37(34)31-40)46-21-11-10-20-45(46)49(47)39-24-22-33-12-4-6-16-36(33)30-39/h1-32H. The van der Waals surface area contributed by atoms with Crippen molar-refractivity contribution in [2.75, 3.05) is 0 Å². The van der Waals surface area contributed by atoms with E-state index in [4.69, 9.17) is 0 Å². The molecule has 0 saturated carbocycles. The Morgan fingerprint density at radius 2 is 0.620 bits per heavy atom. The molecule has 0 bridgehead atoms. The van der Waals surface area contributed by atoms with Crippen LogP contribution in [0, 0.1) is 0 Å². The Hall–Kier alpha value is -6.50. The van der Waals surface area contributed by atoms with Gasteiger partial charge in [-0.05, 0) is 117 Å². The highest BCUT2D eigenvalue weighted by Gasteiger charge is 2.19. The van der Waals surface area contributed by atoms with Crippen LogP contribution >= 0.6 is 0 Å². The van der Waals surface area contributed by atoms with Crippen LogP contribution in [0.15, 0.2) is 194 Å². The molecule has 0 saturated heterocycles. The molecule has 10 rings (SSSR count). The van der Waals surface area contributed by atoms with Crippen LogP contribution in [0.1, 0.15) is 0 Å². The summed E-state index contributed by atoms with van der Waals surface area (Å²) in [6.07, 6.45) is 0. The molecule has 0 atom stereocenters. The molecule has 0 aromatic heterocycles. The molecule has 0 spiro atoms. The molecule has 50 heavy (non-hydrogen) atoms. The molecule has 10 aromatic rings. The minimum absolute atomic E-state index is 1.22. The van der Waals surface area contributed by atoms with E-state index < -0.39 is 0 Å². The molecule has 0 N–H and O–H groups in total. The van der Waals surface area contributed by atoms with E-state index in [-0.39, 0.29) is 0 Å². The largest absolute Gasteiger partial charge is 0.0622 e. The van der Waals surface area contributed by atoms with Gasteiger partial charge in [-0.15, -0.1) is 0 Å². The van der Waals surface area contributed by atoms with Crippen molar-refractivity contribution in [3.8, 4) is 44.5 Å². The predicted octanol–water partition coefficient (Wildman–Crippen LogP) is 14.1. The lowest BCUT2D eigenvalue weighted by Gasteiger charge is -2.20. The zero-order valence-corrected chi connectivity index (χ0v) is 27.5. The Labute approximate surface area is 291 Å². The van der Waals surface area contributed by atoms with Gasteiger partial charge in [0.15, 0.2) is 0 Å². The lowest BCUT2D eigenvalue weighted by molar-refractivity contribution is 1.63. The van der Waals surface area contributed by atoms with Gasteiger partial charge in [0.1, 0.15) is 0 Å². The lowest BCUT2D eigenvalue weighted by Crippen LogP contribution is -1.92. The van der Waals surface area contributed by atoms with Crippen molar-refractivity contribution in [1.29, 1.82) is 0 Å². The predicted molar refractivity (Wildman–Crippen MR) is 216 cm³/mol. The fraction of sp³-hybridized carbons (Fsp3) is 0. The number of fused-ring (bicyclic) bond motifs is 5.